The predicted molar refractivity (Wildman–Crippen MR) is 92.5 cm³/mol. The molecule has 2 heteroatoms. The molecule has 1 aliphatic carbocycles. The van der Waals surface area contributed by atoms with Crippen LogP contribution in [0.15, 0.2) is 34.2 Å². The minimum absolute atomic E-state index is 0.600. The van der Waals surface area contributed by atoms with Crippen molar-refractivity contribution in [3.8, 4) is 0 Å². The molecule has 0 heterocycles. The Morgan fingerprint density at radius 2 is 2.00 bits per heavy atom. The number of hydrogen-bond donors (Lipinski definition) is 1. The van der Waals surface area contributed by atoms with Gasteiger partial charge in [0, 0.05) is 16.2 Å². The molecule has 1 nitrogen and oxygen atoms in total. The van der Waals surface area contributed by atoms with E-state index in [-0.39, 0.29) is 0 Å². The zero-order valence-corrected chi connectivity index (χ0v) is 13.7. The molecule has 0 N–H and O–H groups in total. The third-order valence-electron chi connectivity index (χ3n) is 4.19. The SMILES string of the molecule is CCCC(CC)C(C)=NC1=C(S)CCc2ccccc21. The summed E-state index contributed by atoms with van der Waals surface area (Å²) in [6.07, 6.45) is 5.70. The summed E-state index contributed by atoms with van der Waals surface area (Å²) >= 11 is 4.68. The van der Waals surface area contributed by atoms with Crippen LogP contribution in [-0.4, -0.2) is 5.71 Å². The summed E-state index contributed by atoms with van der Waals surface area (Å²) < 4.78 is 0. The normalized spacial score (nSPS) is 17.1. The lowest BCUT2D eigenvalue weighted by molar-refractivity contribution is 0.593. The maximum atomic E-state index is 4.97. The third kappa shape index (κ3) is 3.35. The van der Waals surface area contributed by atoms with Crippen LogP contribution in [0.2, 0.25) is 0 Å². The number of benzene rings is 1. The summed E-state index contributed by atoms with van der Waals surface area (Å²) in [6.45, 7) is 6.68. The van der Waals surface area contributed by atoms with Gasteiger partial charge in [-0.2, -0.15) is 0 Å². The van der Waals surface area contributed by atoms with Gasteiger partial charge in [0.25, 0.3) is 0 Å². The molecule has 1 atom stereocenters. The molecular formula is C18H25NS. The molecule has 0 aromatic heterocycles. The number of allylic oxidation sites excluding steroid dienone is 1. The summed E-state index contributed by atoms with van der Waals surface area (Å²) in [4.78, 5) is 6.10. The molecule has 0 aliphatic heterocycles. The number of rotatable bonds is 5. The summed E-state index contributed by atoms with van der Waals surface area (Å²) in [5, 5.41) is 0. The van der Waals surface area contributed by atoms with Gasteiger partial charge >= 0.3 is 0 Å². The molecule has 1 aliphatic rings. The van der Waals surface area contributed by atoms with Gasteiger partial charge in [-0.1, -0.05) is 44.5 Å². The van der Waals surface area contributed by atoms with E-state index in [1.807, 2.05) is 0 Å². The second-order valence-electron chi connectivity index (χ2n) is 5.60. The van der Waals surface area contributed by atoms with Crippen LogP contribution in [0.1, 0.15) is 57.6 Å². The van der Waals surface area contributed by atoms with E-state index in [1.165, 1.54) is 36.1 Å². The Kier molecular flexibility index (Phi) is 5.47. The Labute approximate surface area is 128 Å². The van der Waals surface area contributed by atoms with Gasteiger partial charge in [0.15, 0.2) is 0 Å². The maximum Gasteiger partial charge on any atom is 0.0796 e. The number of aryl methyl sites for hydroxylation is 1. The van der Waals surface area contributed by atoms with Crippen LogP contribution in [0.3, 0.4) is 0 Å². The van der Waals surface area contributed by atoms with Crippen molar-refractivity contribution < 1.29 is 0 Å². The first-order valence-corrected chi connectivity index (χ1v) is 8.17. The molecule has 1 aromatic carbocycles. The molecule has 0 spiro atoms. The van der Waals surface area contributed by atoms with E-state index in [4.69, 9.17) is 4.99 Å². The van der Waals surface area contributed by atoms with Gasteiger partial charge in [-0.15, -0.1) is 12.6 Å². The number of nitrogens with zero attached hydrogens (tertiary/aromatic N) is 1. The highest BCUT2D eigenvalue weighted by molar-refractivity contribution is 7.84. The van der Waals surface area contributed by atoms with E-state index in [2.05, 4.69) is 57.7 Å². The fraction of sp³-hybridized carbons (Fsp3) is 0.500. The second-order valence-corrected chi connectivity index (χ2v) is 6.14. The molecule has 0 saturated carbocycles. The van der Waals surface area contributed by atoms with Gasteiger partial charge in [-0.05, 0) is 44.1 Å². The van der Waals surface area contributed by atoms with Crippen molar-refractivity contribution in [3.63, 3.8) is 0 Å². The molecule has 20 heavy (non-hydrogen) atoms. The Bertz CT molecular complexity index is 528. The van der Waals surface area contributed by atoms with Crippen molar-refractivity contribution in [1.82, 2.24) is 0 Å². The molecule has 0 saturated heterocycles. The Balaban J connectivity index is 2.35. The van der Waals surface area contributed by atoms with Crippen molar-refractivity contribution in [3.05, 3.63) is 40.3 Å². The van der Waals surface area contributed by atoms with Crippen LogP contribution in [0.25, 0.3) is 5.70 Å². The van der Waals surface area contributed by atoms with E-state index in [0.29, 0.717) is 5.92 Å². The lowest BCUT2D eigenvalue weighted by Crippen LogP contribution is -2.11. The van der Waals surface area contributed by atoms with Crippen LogP contribution in [0.4, 0.5) is 0 Å². The van der Waals surface area contributed by atoms with Crippen molar-refractivity contribution in [2.75, 3.05) is 0 Å². The summed E-state index contributed by atoms with van der Waals surface area (Å²) in [7, 11) is 0. The first kappa shape index (κ1) is 15.4. The largest absolute Gasteiger partial charge is 0.256 e. The van der Waals surface area contributed by atoms with E-state index >= 15 is 0 Å². The highest BCUT2D eigenvalue weighted by Gasteiger charge is 2.18. The average Bonchev–Trinajstić information content (AvgIpc) is 2.47. The number of hydrogen-bond acceptors (Lipinski definition) is 2. The summed E-state index contributed by atoms with van der Waals surface area (Å²) in [6, 6.07) is 8.60. The molecule has 0 amide bonds. The first-order valence-electron chi connectivity index (χ1n) is 7.72. The van der Waals surface area contributed by atoms with Gasteiger partial charge in [0.1, 0.15) is 0 Å². The topological polar surface area (TPSA) is 12.4 Å². The zero-order valence-electron chi connectivity index (χ0n) is 12.8. The number of fused-ring (bicyclic) bond motifs is 1. The number of aliphatic imine (C=N–C) groups is 1. The standard InChI is InChI=1S/C18H25NS/c1-4-8-14(5-2)13(3)19-18-16-10-7-6-9-15(16)11-12-17(18)20/h6-7,9-10,14,20H,4-5,8,11-12H2,1-3H3. The average molecular weight is 287 g/mol. The fourth-order valence-electron chi connectivity index (χ4n) is 2.95. The van der Waals surface area contributed by atoms with Gasteiger partial charge in [-0.25, -0.2) is 0 Å². The Hall–Kier alpha value is -1.02. The van der Waals surface area contributed by atoms with Crippen molar-refractivity contribution in [2.45, 2.75) is 52.9 Å². The number of thiol groups is 1. The minimum atomic E-state index is 0.600. The molecule has 2 rings (SSSR count). The van der Waals surface area contributed by atoms with E-state index < -0.39 is 0 Å². The van der Waals surface area contributed by atoms with Crippen molar-refractivity contribution in [2.24, 2.45) is 10.9 Å². The molecule has 0 radical (unpaired) electrons. The Morgan fingerprint density at radius 1 is 1.25 bits per heavy atom. The minimum Gasteiger partial charge on any atom is -0.256 e. The van der Waals surface area contributed by atoms with Crippen molar-refractivity contribution in [1.29, 1.82) is 0 Å². The monoisotopic (exact) mass is 287 g/mol. The molecule has 108 valence electrons. The quantitative estimate of drug-likeness (QED) is 0.541. The Morgan fingerprint density at radius 3 is 2.70 bits per heavy atom. The van der Waals surface area contributed by atoms with Gasteiger partial charge in [0.2, 0.25) is 0 Å². The maximum absolute atomic E-state index is 4.97. The van der Waals surface area contributed by atoms with Gasteiger partial charge in [-0.3, -0.25) is 4.99 Å². The van der Waals surface area contributed by atoms with Gasteiger partial charge < -0.3 is 0 Å². The van der Waals surface area contributed by atoms with Crippen molar-refractivity contribution >= 4 is 24.0 Å². The highest BCUT2D eigenvalue weighted by atomic mass is 32.1. The van der Waals surface area contributed by atoms with Crippen LogP contribution < -0.4 is 0 Å². The fourth-order valence-corrected chi connectivity index (χ4v) is 3.23. The first-order chi connectivity index (χ1) is 9.67. The smallest absolute Gasteiger partial charge is 0.0796 e. The van der Waals surface area contributed by atoms with E-state index in [0.717, 1.165) is 23.4 Å². The second kappa shape index (κ2) is 7.12. The molecule has 1 unspecified atom stereocenters. The van der Waals surface area contributed by atoms with Crippen LogP contribution in [-0.2, 0) is 6.42 Å². The predicted octanol–water partition coefficient (Wildman–Crippen LogP) is 5.52. The van der Waals surface area contributed by atoms with Crippen LogP contribution in [0, 0.1) is 5.92 Å². The third-order valence-corrected chi connectivity index (χ3v) is 4.62. The lowest BCUT2D eigenvalue weighted by atomic mass is 9.93. The van der Waals surface area contributed by atoms with E-state index in [1.54, 1.807) is 0 Å². The highest BCUT2D eigenvalue weighted by Crippen LogP contribution is 2.34. The van der Waals surface area contributed by atoms with Crippen LogP contribution >= 0.6 is 12.6 Å². The lowest BCUT2D eigenvalue weighted by Gasteiger charge is -2.20. The summed E-state index contributed by atoms with van der Waals surface area (Å²) in [5.74, 6) is 0.600. The van der Waals surface area contributed by atoms with E-state index in [9.17, 15) is 0 Å². The summed E-state index contributed by atoms with van der Waals surface area (Å²) in [5.41, 5.74) is 5.03. The zero-order chi connectivity index (χ0) is 14.5. The van der Waals surface area contributed by atoms with Crippen LogP contribution in [0.5, 0.6) is 0 Å². The van der Waals surface area contributed by atoms with Gasteiger partial charge in [0.05, 0.1) is 5.70 Å². The molecule has 0 fully saturated rings. The molecular weight excluding hydrogens is 262 g/mol. The molecule has 1 aromatic rings. The molecule has 0 bridgehead atoms.